The van der Waals surface area contributed by atoms with Crippen molar-refractivity contribution in [3.8, 4) is 0 Å². The maximum absolute atomic E-state index is 12.4. The molecule has 2 heterocycles. The quantitative estimate of drug-likeness (QED) is 0.802. The highest BCUT2D eigenvalue weighted by Gasteiger charge is 2.32. The Bertz CT molecular complexity index is 411. The maximum atomic E-state index is 12.4. The van der Waals surface area contributed by atoms with Crippen LogP contribution in [0.4, 0.5) is 13.2 Å². The molecule has 21 heavy (non-hydrogen) atoms. The van der Waals surface area contributed by atoms with Crippen molar-refractivity contribution >= 4 is 40.7 Å². The van der Waals surface area contributed by atoms with Gasteiger partial charge in [-0.1, -0.05) is 0 Å². The van der Waals surface area contributed by atoms with Gasteiger partial charge in [0, 0.05) is 32.6 Å². The van der Waals surface area contributed by atoms with Crippen molar-refractivity contribution in [1.29, 1.82) is 0 Å². The number of rotatable bonds is 4. The summed E-state index contributed by atoms with van der Waals surface area (Å²) in [4.78, 5) is 2.05. The summed E-state index contributed by atoms with van der Waals surface area (Å²) in [5, 5.41) is 3.19. The molecule has 1 saturated heterocycles. The van der Waals surface area contributed by atoms with Crippen molar-refractivity contribution in [1.82, 2.24) is 10.2 Å². The molecule has 1 aliphatic heterocycles. The van der Waals surface area contributed by atoms with E-state index in [2.05, 4.69) is 21.2 Å². The minimum absolute atomic E-state index is 0. The number of hydrogen-bond donors (Lipinski definition) is 1. The summed E-state index contributed by atoms with van der Waals surface area (Å²) in [7, 11) is 0. The van der Waals surface area contributed by atoms with Crippen LogP contribution in [0, 0.1) is 0 Å². The van der Waals surface area contributed by atoms with Crippen molar-refractivity contribution in [2.45, 2.75) is 25.1 Å². The normalized spacial score (nSPS) is 17.7. The van der Waals surface area contributed by atoms with Crippen LogP contribution in [0.5, 0.6) is 0 Å². The third kappa shape index (κ3) is 6.78. The first-order valence-corrected chi connectivity index (χ1v) is 7.02. The molecule has 0 amide bonds. The van der Waals surface area contributed by atoms with E-state index >= 15 is 0 Å². The van der Waals surface area contributed by atoms with Gasteiger partial charge in [-0.2, -0.15) is 13.2 Å². The molecule has 2 rings (SSSR count). The van der Waals surface area contributed by atoms with E-state index in [-0.39, 0.29) is 37.3 Å². The van der Waals surface area contributed by atoms with Gasteiger partial charge in [0.2, 0.25) is 0 Å². The summed E-state index contributed by atoms with van der Waals surface area (Å²) in [5.74, 6) is 0.595. The Morgan fingerprint density at radius 2 is 1.86 bits per heavy atom. The number of piperazine rings is 1. The first-order chi connectivity index (χ1) is 8.96. The van der Waals surface area contributed by atoms with Gasteiger partial charge in [-0.3, -0.25) is 4.90 Å². The van der Waals surface area contributed by atoms with Gasteiger partial charge in [0.1, 0.15) is 5.76 Å². The van der Waals surface area contributed by atoms with E-state index in [0.29, 0.717) is 10.4 Å². The van der Waals surface area contributed by atoms with Crippen LogP contribution in [0.3, 0.4) is 0 Å². The first-order valence-electron chi connectivity index (χ1n) is 6.22. The van der Waals surface area contributed by atoms with Crippen LogP contribution in [-0.2, 0) is 0 Å². The molecule has 1 aromatic rings. The Hall–Kier alpha value is 0.0500. The van der Waals surface area contributed by atoms with Gasteiger partial charge in [0.25, 0.3) is 0 Å². The molecule has 1 aromatic heterocycles. The van der Waals surface area contributed by atoms with Gasteiger partial charge in [-0.15, -0.1) is 24.8 Å². The predicted octanol–water partition coefficient (Wildman–Crippen LogP) is 4.17. The zero-order chi connectivity index (χ0) is 13.9. The van der Waals surface area contributed by atoms with E-state index in [1.807, 2.05) is 4.90 Å². The average molecular weight is 414 g/mol. The van der Waals surface area contributed by atoms with Gasteiger partial charge >= 0.3 is 6.18 Å². The van der Waals surface area contributed by atoms with E-state index in [4.69, 9.17) is 4.42 Å². The largest absolute Gasteiger partial charge is 0.453 e. The van der Waals surface area contributed by atoms with E-state index in [1.54, 1.807) is 12.1 Å². The second-order valence-electron chi connectivity index (χ2n) is 4.60. The van der Waals surface area contributed by atoms with Gasteiger partial charge in [0.15, 0.2) is 4.67 Å². The highest BCUT2D eigenvalue weighted by molar-refractivity contribution is 9.10. The molecule has 124 valence electrons. The molecule has 0 spiro atoms. The fourth-order valence-electron chi connectivity index (χ4n) is 2.31. The van der Waals surface area contributed by atoms with Crippen LogP contribution in [0.1, 0.15) is 24.6 Å². The minimum atomic E-state index is -4.13. The van der Waals surface area contributed by atoms with Crippen LogP contribution in [0.25, 0.3) is 0 Å². The lowest BCUT2D eigenvalue weighted by atomic mass is 10.1. The number of alkyl halides is 3. The van der Waals surface area contributed by atoms with Gasteiger partial charge in [-0.05, 0) is 34.5 Å². The number of furan rings is 1. The summed E-state index contributed by atoms with van der Waals surface area (Å²) in [6.07, 6.45) is -4.89. The molecule has 1 atom stereocenters. The van der Waals surface area contributed by atoms with Crippen molar-refractivity contribution < 1.29 is 17.6 Å². The maximum Gasteiger partial charge on any atom is 0.389 e. The van der Waals surface area contributed by atoms with E-state index in [0.717, 1.165) is 26.2 Å². The molecule has 0 saturated carbocycles. The van der Waals surface area contributed by atoms with Crippen molar-refractivity contribution in [2.24, 2.45) is 0 Å². The Kier molecular flexibility index (Phi) is 9.27. The zero-order valence-corrected chi connectivity index (χ0v) is 14.4. The molecule has 1 N–H and O–H groups in total. The van der Waals surface area contributed by atoms with Crippen molar-refractivity contribution in [2.75, 3.05) is 26.2 Å². The molecule has 0 bridgehead atoms. The fourth-order valence-corrected chi connectivity index (χ4v) is 2.63. The number of nitrogens with zero attached hydrogens (tertiary/aromatic N) is 1. The zero-order valence-electron chi connectivity index (χ0n) is 11.2. The summed E-state index contributed by atoms with van der Waals surface area (Å²) in [6, 6.07) is 3.15. The Labute approximate surface area is 142 Å². The monoisotopic (exact) mass is 412 g/mol. The molecule has 0 radical (unpaired) electrons. The lowest BCUT2D eigenvalue weighted by Gasteiger charge is -2.34. The number of nitrogens with one attached hydrogen (secondary N) is 1. The molecule has 1 aliphatic rings. The molecular formula is C12H18BrCl2F3N2O. The molecule has 0 aliphatic carbocycles. The summed E-state index contributed by atoms with van der Waals surface area (Å²) in [5.41, 5.74) is 0. The molecule has 0 aromatic carbocycles. The van der Waals surface area contributed by atoms with E-state index in [9.17, 15) is 13.2 Å². The second kappa shape index (κ2) is 9.25. The van der Waals surface area contributed by atoms with E-state index < -0.39 is 12.6 Å². The van der Waals surface area contributed by atoms with Gasteiger partial charge in [0.05, 0.1) is 6.04 Å². The van der Waals surface area contributed by atoms with Crippen LogP contribution < -0.4 is 5.32 Å². The van der Waals surface area contributed by atoms with Crippen molar-refractivity contribution in [3.05, 3.63) is 22.6 Å². The topological polar surface area (TPSA) is 28.4 Å². The van der Waals surface area contributed by atoms with Crippen LogP contribution >= 0.6 is 40.7 Å². The highest BCUT2D eigenvalue weighted by atomic mass is 79.9. The molecule has 3 nitrogen and oxygen atoms in total. The Morgan fingerprint density at radius 3 is 2.33 bits per heavy atom. The molecule has 9 heteroatoms. The third-order valence-electron chi connectivity index (χ3n) is 3.22. The SMILES string of the molecule is Cl.Cl.FC(F)(F)CC[C@H](c1ccc(Br)o1)N1CCNCC1. The van der Waals surface area contributed by atoms with Crippen molar-refractivity contribution in [3.63, 3.8) is 0 Å². The van der Waals surface area contributed by atoms with E-state index in [1.165, 1.54) is 0 Å². The average Bonchev–Trinajstić information content (AvgIpc) is 2.76. The van der Waals surface area contributed by atoms with Crippen LogP contribution in [-0.4, -0.2) is 37.3 Å². The Morgan fingerprint density at radius 1 is 1.24 bits per heavy atom. The standard InChI is InChI=1S/C12H16BrF3N2O.2ClH/c13-11-2-1-10(19-11)9(3-4-12(14,15)16)18-7-5-17-6-8-18;;/h1-2,9,17H,3-8H2;2*1H/t9-;;/m1../s1. The predicted molar refractivity (Wildman–Crippen MR) is 83.4 cm³/mol. The van der Waals surface area contributed by atoms with Gasteiger partial charge in [-0.25, -0.2) is 0 Å². The molecule has 0 unspecified atom stereocenters. The highest BCUT2D eigenvalue weighted by Crippen LogP contribution is 2.33. The lowest BCUT2D eigenvalue weighted by molar-refractivity contribution is -0.139. The molecule has 1 fully saturated rings. The summed E-state index contributed by atoms with van der Waals surface area (Å²) >= 11 is 3.20. The molecular weight excluding hydrogens is 396 g/mol. The number of hydrogen-bond acceptors (Lipinski definition) is 3. The summed E-state index contributed by atoms with van der Waals surface area (Å²) in [6.45, 7) is 3.07. The lowest BCUT2D eigenvalue weighted by Crippen LogP contribution is -2.45. The summed E-state index contributed by atoms with van der Waals surface area (Å²) < 4.78 is 43.3. The van der Waals surface area contributed by atoms with Gasteiger partial charge < -0.3 is 9.73 Å². The van der Waals surface area contributed by atoms with Crippen LogP contribution in [0.15, 0.2) is 21.2 Å². The first kappa shape index (κ1) is 21.0. The smallest absolute Gasteiger partial charge is 0.389 e. The number of halogens is 6. The fraction of sp³-hybridized carbons (Fsp3) is 0.667. The third-order valence-corrected chi connectivity index (χ3v) is 3.64. The minimum Gasteiger partial charge on any atom is -0.453 e. The van der Waals surface area contributed by atoms with Crippen LogP contribution in [0.2, 0.25) is 0 Å². The Balaban J connectivity index is 0.00000200. The second-order valence-corrected chi connectivity index (χ2v) is 5.38.